The minimum absolute atomic E-state index is 0.143. The molecule has 0 aliphatic carbocycles. The minimum atomic E-state index is -3.56. The van der Waals surface area contributed by atoms with Crippen molar-refractivity contribution >= 4 is 39.3 Å². The Morgan fingerprint density at radius 1 is 1.20 bits per heavy atom. The second-order valence-electron chi connectivity index (χ2n) is 5.69. The first kappa shape index (κ1) is 17.5. The molecule has 0 spiro atoms. The number of benzene rings is 1. The van der Waals surface area contributed by atoms with Crippen molar-refractivity contribution < 1.29 is 17.9 Å². The third-order valence-corrected chi connectivity index (χ3v) is 5.65. The van der Waals surface area contributed by atoms with Crippen LogP contribution in [0.15, 0.2) is 56.7 Å². The second-order valence-corrected chi connectivity index (χ2v) is 8.19. The number of rotatable bonds is 5. The number of carbonyl (C=O) groups is 1. The first-order chi connectivity index (χ1) is 11.8. The van der Waals surface area contributed by atoms with Gasteiger partial charge in [-0.3, -0.25) is 0 Å². The van der Waals surface area contributed by atoms with Gasteiger partial charge in [-0.15, -0.1) is 0 Å². The summed E-state index contributed by atoms with van der Waals surface area (Å²) in [5, 5.41) is 3.80. The van der Waals surface area contributed by atoms with Crippen molar-refractivity contribution in [3.8, 4) is 0 Å². The van der Waals surface area contributed by atoms with Gasteiger partial charge in [-0.2, -0.15) is 11.3 Å². The van der Waals surface area contributed by atoms with E-state index in [4.69, 9.17) is 4.74 Å². The fourth-order valence-corrected chi connectivity index (χ4v) is 4.07. The van der Waals surface area contributed by atoms with E-state index in [9.17, 15) is 13.2 Å². The Labute approximate surface area is 149 Å². The lowest BCUT2D eigenvalue weighted by Crippen LogP contribution is -2.30. The van der Waals surface area contributed by atoms with Crippen LogP contribution in [0.1, 0.15) is 25.0 Å². The Morgan fingerprint density at radius 3 is 2.52 bits per heavy atom. The van der Waals surface area contributed by atoms with E-state index >= 15 is 0 Å². The zero-order valence-corrected chi connectivity index (χ0v) is 15.2. The van der Waals surface area contributed by atoms with Crippen molar-refractivity contribution in [3.63, 3.8) is 0 Å². The van der Waals surface area contributed by atoms with E-state index in [0.717, 1.165) is 5.56 Å². The fourth-order valence-electron chi connectivity index (χ4n) is 2.20. The van der Waals surface area contributed by atoms with Gasteiger partial charge in [-0.1, -0.05) is 0 Å². The Kier molecular flexibility index (Phi) is 4.85. The van der Waals surface area contributed by atoms with E-state index in [0.29, 0.717) is 5.56 Å². The zero-order chi connectivity index (χ0) is 18.0. The topological polar surface area (TPSA) is 84.8 Å². The molecule has 0 atom stereocenters. The number of esters is 1. The van der Waals surface area contributed by atoms with Gasteiger partial charge in [0.2, 0.25) is 15.9 Å². The molecule has 8 heteroatoms. The van der Waals surface area contributed by atoms with Crippen molar-refractivity contribution in [2.75, 3.05) is 0 Å². The third-order valence-electron chi connectivity index (χ3n) is 3.27. The summed E-state index contributed by atoms with van der Waals surface area (Å²) in [5.41, 5.74) is 1.63. The predicted octanol–water partition coefficient (Wildman–Crippen LogP) is 2.78. The summed E-state index contributed by atoms with van der Waals surface area (Å²) in [4.78, 5) is 16.3. The molecular weight excluding hydrogens is 360 g/mol. The summed E-state index contributed by atoms with van der Waals surface area (Å²) in [5.74, 6) is -0.369. The van der Waals surface area contributed by atoms with Crippen LogP contribution >= 0.6 is 11.3 Å². The van der Waals surface area contributed by atoms with Crippen molar-refractivity contribution in [2.24, 2.45) is 4.99 Å². The molecule has 0 amide bonds. The van der Waals surface area contributed by atoms with Crippen LogP contribution in [0.3, 0.4) is 0 Å². The molecule has 1 aromatic heterocycles. The van der Waals surface area contributed by atoms with Crippen LogP contribution < -0.4 is 4.72 Å². The number of nitrogens with zero attached hydrogens (tertiary/aromatic N) is 1. The molecule has 0 bridgehead atoms. The molecule has 0 saturated carbocycles. The fraction of sp³-hybridized carbons (Fsp3) is 0.176. The molecule has 0 saturated heterocycles. The number of hydrogen-bond acceptors (Lipinski definition) is 6. The van der Waals surface area contributed by atoms with Gasteiger partial charge in [0.25, 0.3) is 0 Å². The SMILES string of the molecule is CC(C)NS(=O)(=O)c1ccc(C2=N/C(=C/c3ccsc3)C(=O)O2)cc1. The summed E-state index contributed by atoms with van der Waals surface area (Å²) in [6, 6.07) is 7.71. The quantitative estimate of drug-likeness (QED) is 0.642. The Bertz CT molecular complexity index is 941. The Morgan fingerprint density at radius 2 is 1.92 bits per heavy atom. The number of nitrogens with one attached hydrogen (secondary N) is 1. The van der Waals surface area contributed by atoms with Gasteiger partial charge in [0, 0.05) is 11.6 Å². The van der Waals surface area contributed by atoms with Crippen molar-refractivity contribution in [2.45, 2.75) is 24.8 Å². The van der Waals surface area contributed by atoms with Crippen molar-refractivity contribution in [1.82, 2.24) is 4.72 Å². The van der Waals surface area contributed by atoms with E-state index in [1.807, 2.05) is 16.8 Å². The summed E-state index contributed by atoms with van der Waals surface area (Å²) in [7, 11) is -3.56. The van der Waals surface area contributed by atoms with Crippen LogP contribution in [0, 0.1) is 0 Å². The summed E-state index contributed by atoms with van der Waals surface area (Å²) < 4.78 is 31.9. The first-order valence-corrected chi connectivity index (χ1v) is 9.95. The molecule has 6 nitrogen and oxygen atoms in total. The minimum Gasteiger partial charge on any atom is -0.402 e. The van der Waals surface area contributed by atoms with Crippen LogP contribution in [-0.2, 0) is 19.6 Å². The zero-order valence-electron chi connectivity index (χ0n) is 13.6. The molecule has 130 valence electrons. The van der Waals surface area contributed by atoms with Gasteiger partial charge in [0.1, 0.15) is 0 Å². The summed E-state index contributed by atoms with van der Waals surface area (Å²) in [6.45, 7) is 3.50. The normalized spacial score (nSPS) is 16.4. The summed E-state index contributed by atoms with van der Waals surface area (Å²) in [6.07, 6.45) is 1.65. The van der Waals surface area contributed by atoms with Crippen LogP contribution in [0.4, 0.5) is 0 Å². The number of sulfonamides is 1. The second kappa shape index (κ2) is 6.91. The number of carbonyl (C=O) groups excluding carboxylic acids is 1. The molecule has 1 aliphatic heterocycles. The number of thiophene rings is 1. The monoisotopic (exact) mass is 376 g/mol. The van der Waals surface area contributed by atoms with Gasteiger partial charge >= 0.3 is 5.97 Å². The lowest BCUT2D eigenvalue weighted by atomic mass is 10.2. The highest BCUT2D eigenvalue weighted by molar-refractivity contribution is 7.89. The largest absolute Gasteiger partial charge is 0.402 e. The summed E-state index contributed by atoms with van der Waals surface area (Å²) >= 11 is 1.52. The van der Waals surface area contributed by atoms with Gasteiger partial charge in [0.15, 0.2) is 5.70 Å². The molecule has 1 N–H and O–H groups in total. The average Bonchev–Trinajstić information content (AvgIpc) is 3.17. The Balaban J connectivity index is 1.85. The predicted molar refractivity (Wildman–Crippen MR) is 96.8 cm³/mol. The van der Waals surface area contributed by atoms with Crippen LogP contribution in [-0.4, -0.2) is 26.3 Å². The molecular formula is C17H16N2O4S2. The molecule has 2 heterocycles. The maximum Gasteiger partial charge on any atom is 0.363 e. The van der Waals surface area contributed by atoms with Crippen molar-refractivity contribution in [1.29, 1.82) is 0 Å². The number of ether oxygens (including phenoxy) is 1. The van der Waals surface area contributed by atoms with Crippen LogP contribution in [0.2, 0.25) is 0 Å². The smallest absolute Gasteiger partial charge is 0.363 e. The highest BCUT2D eigenvalue weighted by atomic mass is 32.2. The lowest BCUT2D eigenvalue weighted by molar-refractivity contribution is -0.129. The maximum absolute atomic E-state index is 12.1. The Hall–Kier alpha value is -2.29. The average molecular weight is 376 g/mol. The van der Waals surface area contributed by atoms with Gasteiger partial charge in [0.05, 0.1) is 4.90 Å². The standard InChI is InChI=1S/C17H16N2O4S2/c1-11(2)19-25(21,22)14-5-3-13(4-6-14)16-18-15(17(20)23-16)9-12-7-8-24-10-12/h3-11,19H,1-2H3/b15-9+. The number of aliphatic imine (C=N–C) groups is 1. The molecule has 1 aliphatic rings. The van der Waals surface area contributed by atoms with Crippen LogP contribution in [0.5, 0.6) is 0 Å². The van der Waals surface area contributed by atoms with E-state index in [2.05, 4.69) is 9.71 Å². The van der Waals surface area contributed by atoms with E-state index in [1.54, 1.807) is 32.1 Å². The highest BCUT2D eigenvalue weighted by Gasteiger charge is 2.24. The maximum atomic E-state index is 12.1. The molecule has 0 unspecified atom stereocenters. The lowest BCUT2D eigenvalue weighted by Gasteiger charge is -2.09. The molecule has 2 aromatic rings. The number of cyclic esters (lactones) is 1. The molecule has 1 aromatic carbocycles. The first-order valence-electron chi connectivity index (χ1n) is 7.53. The van der Waals surface area contributed by atoms with Gasteiger partial charge in [-0.05, 0) is 66.6 Å². The van der Waals surface area contributed by atoms with Gasteiger partial charge < -0.3 is 4.74 Å². The van der Waals surface area contributed by atoms with E-state index in [1.165, 1.54) is 23.5 Å². The molecule has 25 heavy (non-hydrogen) atoms. The van der Waals surface area contributed by atoms with Gasteiger partial charge in [-0.25, -0.2) is 22.9 Å². The molecule has 0 fully saturated rings. The highest BCUT2D eigenvalue weighted by Crippen LogP contribution is 2.21. The number of hydrogen-bond donors (Lipinski definition) is 1. The molecule has 3 rings (SSSR count). The van der Waals surface area contributed by atoms with Crippen molar-refractivity contribution in [3.05, 3.63) is 57.9 Å². The van der Waals surface area contributed by atoms with Crippen LogP contribution in [0.25, 0.3) is 6.08 Å². The van der Waals surface area contributed by atoms with E-state index < -0.39 is 16.0 Å². The molecule has 0 radical (unpaired) electrons. The van der Waals surface area contributed by atoms with E-state index in [-0.39, 0.29) is 22.5 Å². The third kappa shape index (κ3) is 4.04.